The molecule has 1 saturated carbocycles. The van der Waals surface area contributed by atoms with Gasteiger partial charge in [-0.1, -0.05) is 19.8 Å². The second-order valence-electron chi connectivity index (χ2n) is 5.05. The minimum atomic E-state index is 0.110. The molecule has 0 heterocycles. The minimum Gasteiger partial charge on any atom is -0.352 e. The maximum Gasteiger partial charge on any atom is 0.220 e. The fourth-order valence-corrected chi connectivity index (χ4v) is 2.40. The Balaban J connectivity index is 2.24. The molecule has 0 aromatic carbocycles. The van der Waals surface area contributed by atoms with Gasteiger partial charge >= 0.3 is 0 Å². The van der Waals surface area contributed by atoms with E-state index in [-0.39, 0.29) is 11.9 Å². The molecule has 2 unspecified atom stereocenters. The zero-order chi connectivity index (χ0) is 11.3. The molecule has 0 spiro atoms. The molecular weight excluding hydrogens is 188 g/mol. The van der Waals surface area contributed by atoms with Crippen molar-refractivity contribution in [2.75, 3.05) is 6.54 Å². The zero-order valence-electron chi connectivity index (χ0n) is 9.96. The van der Waals surface area contributed by atoms with Gasteiger partial charge in [0.2, 0.25) is 5.91 Å². The molecule has 1 amide bonds. The number of nitrogens with one attached hydrogen (secondary N) is 1. The highest BCUT2D eigenvalue weighted by molar-refractivity contribution is 5.76. The van der Waals surface area contributed by atoms with E-state index in [4.69, 9.17) is 5.73 Å². The van der Waals surface area contributed by atoms with Crippen molar-refractivity contribution in [2.45, 2.75) is 52.0 Å². The van der Waals surface area contributed by atoms with Crippen LogP contribution in [-0.2, 0) is 4.79 Å². The molecule has 15 heavy (non-hydrogen) atoms. The normalized spacial score (nSPS) is 28.5. The van der Waals surface area contributed by atoms with Gasteiger partial charge in [-0.25, -0.2) is 0 Å². The van der Waals surface area contributed by atoms with Gasteiger partial charge in [-0.05, 0) is 31.6 Å². The lowest BCUT2D eigenvalue weighted by molar-refractivity contribution is -0.122. The summed E-state index contributed by atoms with van der Waals surface area (Å²) in [6.07, 6.45) is 5.73. The molecule has 0 radical (unpaired) electrons. The Hall–Kier alpha value is -0.570. The molecule has 88 valence electrons. The fraction of sp³-hybridized carbons (Fsp3) is 0.917. The monoisotopic (exact) mass is 212 g/mol. The summed E-state index contributed by atoms with van der Waals surface area (Å²) in [6.45, 7) is 4.75. The molecule has 0 aromatic rings. The topological polar surface area (TPSA) is 55.1 Å². The van der Waals surface area contributed by atoms with Crippen molar-refractivity contribution >= 4 is 5.91 Å². The Morgan fingerprint density at radius 3 is 2.87 bits per heavy atom. The van der Waals surface area contributed by atoms with Crippen molar-refractivity contribution in [1.29, 1.82) is 0 Å². The third-order valence-corrected chi connectivity index (χ3v) is 3.28. The van der Waals surface area contributed by atoms with Crippen LogP contribution in [0.2, 0.25) is 0 Å². The smallest absolute Gasteiger partial charge is 0.220 e. The van der Waals surface area contributed by atoms with Gasteiger partial charge in [0, 0.05) is 19.0 Å². The molecular formula is C12H24N2O. The Morgan fingerprint density at radius 2 is 2.27 bits per heavy atom. The van der Waals surface area contributed by atoms with Gasteiger partial charge in [-0.15, -0.1) is 0 Å². The van der Waals surface area contributed by atoms with Crippen LogP contribution in [0.5, 0.6) is 0 Å². The summed E-state index contributed by atoms with van der Waals surface area (Å²) in [4.78, 5) is 11.6. The Morgan fingerprint density at radius 1 is 1.53 bits per heavy atom. The van der Waals surface area contributed by atoms with Crippen LogP contribution in [0.3, 0.4) is 0 Å². The summed E-state index contributed by atoms with van der Waals surface area (Å²) in [6, 6.07) is 0.110. The molecule has 3 nitrogen and oxygen atoms in total. The fourth-order valence-electron chi connectivity index (χ4n) is 2.40. The molecule has 1 aliphatic rings. The van der Waals surface area contributed by atoms with Gasteiger partial charge in [-0.3, -0.25) is 4.79 Å². The van der Waals surface area contributed by atoms with E-state index in [0.29, 0.717) is 18.9 Å². The van der Waals surface area contributed by atoms with Gasteiger partial charge < -0.3 is 11.1 Å². The van der Waals surface area contributed by atoms with Crippen molar-refractivity contribution in [1.82, 2.24) is 5.32 Å². The first-order valence-electron chi connectivity index (χ1n) is 6.11. The molecule has 0 bridgehead atoms. The van der Waals surface area contributed by atoms with E-state index in [1.807, 2.05) is 6.92 Å². The lowest BCUT2D eigenvalue weighted by Gasteiger charge is -2.26. The van der Waals surface area contributed by atoms with E-state index in [1.165, 1.54) is 25.7 Å². The predicted molar refractivity (Wildman–Crippen MR) is 62.4 cm³/mol. The van der Waals surface area contributed by atoms with Gasteiger partial charge in [0.15, 0.2) is 0 Å². The van der Waals surface area contributed by atoms with Crippen LogP contribution < -0.4 is 11.1 Å². The SMILES string of the molecule is CC1CCCC(CC(=O)N[C@H](C)CN)C1. The molecule has 3 N–H and O–H groups in total. The average molecular weight is 212 g/mol. The Kier molecular flexibility index (Phi) is 5.09. The summed E-state index contributed by atoms with van der Waals surface area (Å²) < 4.78 is 0. The molecule has 3 atom stereocenters. The van der Waals surface area contributed by atoms with Crippen molar-refractivity contribution < 1.29 is 4.79 Å². The third-order valence-electron chi connectivity index (χ3n) is 3.28. The lowest BCUT2D eigenvalue weighted by atomic mass is 9.81. The summed E-state index contributed by atoms with van der Waals surface area (Å²) in [7, 11) is 0. The standard InChI is InChI=1S/C12H24N2O/c1-9-4-3-5-11(6-9)7-12(15)14-10(2)8-13/h9-11H,3-8,13H2,1-2H3,(H,14,15)/t9?,10-,11?/m1/s1. The van der Waals surface area contributed by atoms with E-state index in [2.05, 4.69) is 12.2 Å². The maximum atomic E-state index is 11.6. The Bertz CT molecular complexity index is 206. The van der Waals surface area contributed by atoms with Crippen LogP contribution >= 0.6 is 0 Å². The highest BCUT2D eigenvalue weighted by atomic mass is 16.1. The van der Waals surface area contributed by atoms with Crippen LogP contribution in [0.4, 0.5) is 0 Å². The first-order chi connectivity index (χ1) is 7.11. The van der Waals surface area contributed by atoms with Crippen molar-refractivity contribution in [3.05, 3.63) is 0 Å². The molecule has 3 heteroatoms. The largest absolute Gasteiger partial charge is 0.352 e. The molecule has 0 saturated heterocycles. The number of hydrogen-bond acceptors (Lipinski definition) is 2. The van der Waals surface area contributed by atoms with Crippen LogP contribution in [0.15, 0.2) is 0 Å². The minimum absolute atomic E-state index is 0.110. The van der Waals surface area contributed by atoms with E-state index in [9.17, 15) is 4.79 Å². The average Bonchev–Trinajstić information content (AvgIpc) is 2.17. The van der Waals surface area contributed by atoms with E-state index >= 15 is 0 Å². The highest BCUT2D eigenvalue weighted by Crippen LogP contribution is 2.30. The number of carbonyl (C=O) groups is 1. The van der Waals surface area contributed by atoms with E-state index < -0.39 is 0 Å². The first kappa shape index (κ1) is 12.5. The number of hydrogen-bond donors (Lipinski definition) is 2. The summed E-state index contributed by atoms with van der Waals surface area (Å²) in [5.41, 5.74) is 5.46. The summed E-state index contributed by atoms with van der Waals surface area (Å²) in [5.74, 6) is 1.56. The number of carbonyl (C=O) groups excluding carboxylic acids is 1. The van der Waals surface area contributed by atoms with Crippen LogP contribution in [0, 0.1) is 11.8 Å². The number of rotatable bonds is 4. The third kappa shape index (κ3) is 4.65. The van der Waals surface area contributed by atoms with Gasteiger partial charge in [0.05, 0.1) is 0 Å². The van der Waals surface area contributed by atoms with Crippen molar-refractivity contribution in [3.63, 3.8) is 0 Å². The van der Waals surface area contributed by atoms with E-state index in [1.54, 1.807) is 0 Å². The second kappa shape index (κ2) is 6.11. The zero-order valence-corrected chi connectivity index (χ0v) is 9.96. The van der Waals surface area contributed by atoms with Crippen LogP contribution in [0.1, 0.15) is 46.0 Å². The second-order valence-corrected chi connectivity index (χ2v) is 5.05. The van der Waals surface area contributed by atoms with Crippen molar-refractivity contribution in [3.8, 4) is 0 Å². The molecule has 1 aliphatic carbocycles. The molecule has 0 aromatic heterocycles. The van der Waals surface area contributed by atoms with Gasteiger partial charge in [0.25, 0.3) is 0 Å². The van der Waals surface area contributed by atoms with Crippen LogP contribution in [0.25, 0.3) is 0 Å². The summed E-state index contributed by atoms with van der Waals surface area (Å²) in [5, 5.41) is 2.93. The lowest BCUT2D eigenvalue weighted by Crippen LogP contribution is -2.38. The van der Waals surface area contributed by atoms with Crippen molar-refractivity contribution in [2.24, 2.45) is 17.6 Å². The quantitative estimate of drug-likeness (QED) is 0.744. The van der Waals surface area contributed by atoms with Gasteiger partial charge in [-0.2, -0.15) is 0 Å². The molecule has 1 fully saturated rings. The highest BCUT2D eigenvalue weighted by Gasteiger charge is 2.21. The van der Waals surface area contributed by atoms with E-state index in [0.717, 1.165) is 5.92 Å². The predicted octanol–water partition coefficient (Wildman–Crippen LogP) is 1.67. The Labute approximate surface area is 92.8 Å². The first-order valence-corrected chi connectivity index (χ1v) is 6.11. The van der Waals surface area contributed by atoms with Crippen LogP contribution in [-0.4, -0.2) is 18.5 Å². The molecule has 1 rings (SSSR count). The molecule has 0 aliphatic heterocycles. The summed E-state index contributed by atoms with van der Waals surface area (Å²) >= 11 is 0. The maximum absolute atomic E-state index is 11.6. The number of amides is 1. The number of nitrogens with two attached hydrogens (primary N) is 1. The van der Waals surface area contributed by atoms with Gasteiger partial charge in [0.1, 0.15) is 0 Å².